The van der Waals surface area contributed by atoms with Gasteiger partial charge in [0.05, 0.1) is 18.8 Å². The molecule has 2 heterocycles. The molecule has 10 heavy (non-hydrogen) atoms. The summed E-state index contributed by atoms with van der Waals surface area (Å²) in [7, 11) is 0. The van der Waals surface area contributed by atoms with Crippen LogP contribution in [-0.4, -0.2) is 47.7 Å². The highest BCUT2D eigenvalue weighted by atomic mass is 16.6. The van der Waals surface area contributed by atoms with Crippen LogP contribution in [-0.2, 0) is 4.74 Å². The Kier molecular flexibility index (Phi) is 1.42. The van der Waals surface area contributed by atoms with Gasteiger partial charge in [0.15, 0.2) is 0 Å². The van der Waals surface area contributed by atoms with E-state index < -0.39 is 6.10 Å². The Hall–Kier alpha value is -0.160. The molecule has 4 heteroatoms. The molecule has 3 N–H and O–H groups in total. The molecule has 2 aliphatic heterocycles. The molecule has 0 saturated carbocycles. The largest absolute Gasteiger partial charge is 0.395 e. The number of hydrogen-bond donors (Lipinski definition) is 3. The molecule has 0 aromatic rings. The number of aliphatic hydroxyl groups excluding tert-OH is 2. The molecule has 0 bridgehead atoms. The van der Waals surface area contributed by atoms with Crippen LogP contribution in [0.15, 0.2) is 0 Å². The van der Waals surface area contributed by atoms with E-state index in [1.165, 1.54) is 0 Å². The standard InChI is InChI=1S/C6H11NO3/c8-2-3-5(9)6-4(10-6)1-7-3/h3-9H,1-2H2. The molecule has 58 valence electrons. The number of nitrogens with one attached hydrogen (secondary N) is 1. The highest BCUT2D eigenvalue weighted by Crippen LogP contribution is 2.29. The van der Waals surface area contributed by atoms with Crippen LogP contribution >= 0.6 is 0 Å². The van der Waals surface area contributed by atoms with Crippen LogP contribution in [0.5, 0.6) is 0 Å². The van der Waals surface area contributed by atoms with Crippen LogP contribution in [0.2, 0.25) is 0 Å². The molecule has 4 nitrogen and oxygen atoms in total. The van der Waals surface area contributed by atoms with E-state index in [4.69, 9.17) is 9.84 Å². The second-order valence-corrected chi connectivity index (χ2v) is 2.83. The number of hydrogen-bond acceptors (Lipinski definition) is 4. The van der Waals surface area contributed by atoms with Crippen LogP contribution < -0.4 is 5.32 Å². The number of piperidine rings is 1. The minimum absolute atomic E-state index is 0.0154. The summed E-state index contributed by atoms with van der Waals surface area (Å²) in [6, 6.07) is -0.191. The molecule has 4 unspecified atom stereocenters. The molecule has 0 aromatic carbocycles. The summed E-state index contributed by atoms with van der Waals surface area (Å²) in [5.74, 6) is 0. The van der Waals surface area contributed by atoms with Crippen LogP contribution in [0.1, 0.15) is 0 Å². The number of rotatable bonds is 1. The Labute approximate surface area is 58.8 Å². The smallest absolute Gasteiger partial charge is 0.113 e. The van der Waals surface area contributed by atoms with Crippen molar-refractivity contribution >= 4 is 0 Å². The zero-order valence-corrected chi connectivity index (χ0v) is 5.53. The monoisotopic (exact) mass is 145 g/mol. The molecule has 2 aliphatic rings. The first-order valence-corrected chi connectivity index (χ1v) is 3.50. The van der Waals surface area contributed by atoms with Crippen molar-refractivity contribution in [1.29, 1.82) is 0 Å². The Morgan fingerprint density at radius 2 is 2.40 bits per heavy atom. The Morgan fingerprint density at radius 3 is 3.10 bits per heavy atom. The molecule has 0 aliphatic carbocycles. The first-order chi connectivity index (χ1) is 4.83. The number of fused-ring (bicyclic) bond motifs is 1. The van der Waals surface area contributed by atoms with Gasteiger partial charge in [-0.1, -0.05) is 0 Å². The first kappa shape index (κ1) is 6.54. The van der Waals surface area contributed by atoms with Gasteiger partial charge in [0, 0.05) is 6.54 Å². The average molecular weight is 145 g/mol. The third kappa shape index (κ3) is 0.845. The summed E-state index contributed by atoms with van der Waals surface area (Å²) in [6.45, 7) is 0.737. The van der Waals surface area contributed by atoms with Crippen LogP contribution in [0, 0.1) is 0 Å². The van der Waals surface area contributed by atoms with E-state index in [1.807, 2.05) is 0 Å². The minimum atomic E-state index is -0.524. The average Bonchev–Trinajstić information content (AvgIpc) is 2.68. The molecule has 2 fully saturated rings. The van der Waals surface area contributed by atoms with Crippen molar-refractivity contribution in [2.24, 2.45) is 0 Å². The van der Waals surface area contributed by atoms with Crippen LogP contribution in [0.25, 0.3) is 0 Å². The van der Waals surface area contributed by atoms with Gasteiger partial charge in [-0.25, -0.2) is 0 Å². The summed E-state index contributed by atoms with van der Waals surface area (Å²) >= 11 is 0. The van der Waals surface area contributed by atoms with Gasteiger partial charge in [0.2, 0.25) is 0 Å². The van der Waals surface area contributed by atoms with Crippen molar-refractivity contribution in [2.75, 3.05) is 13.2 Å². The SMILES string of the molecule is OCC1NCC2OC2C1O. The lowest BCUT2D eigenvalue weighted by Gasteiger charge is -2.23. The fourth-order valence-electron chi connectivity index (χ4n) is 1.41. The zero-order valence-electron chi connectivity index (χ0n) is 5.53. The van der Waals surface area contributed by atoms with E-state index in [0.29, 0.717) is 0 Å². The molecule has 4 atom stereocenters. The summed E-state index contributed by atoms with van der Waals surface area (Å²) in [5, 5.41) is 21.0. The van der Waals surface area contributed by atoms with Gasteiger partial charge in [-0.05, 0) is 0 Å². The predicted molar refractivity (Wildman–Crippen MR) is 33.5 cm³/mol. The van der Waals surface area contributed by atoms with Gasteiger partial charge in [0.1, 0.15) is 12.2 Å². The van der Waals surface area contributed by atoms with Gasteiger partial charge >= 0.3 is 0 Å². The molecular formula is C6H11NO3. The molecule has 2 saturated heterocycles. The van der Waals surface area contributed by atoms with Crippen LogP contribution in [0.3, 0.4) is 0 Å². The van der Waals surface area contributed by atoms with Crippen molar-refractivity contribution in [2.45, 2.75) is 24.4 Å². The van der Waals surface area contributed by atoms with E-state index in [1.54, 1.807) is 0 Å². The first-order valence-electron chi connectivity index (χ1n) is 3.50. The normalized spacial score (nSPS) is 52.2. The molecule has 0 aromatic heterocycles. The van der Waals surface area contributed by atoms with Crippen molar-refractivity contribution in [3.05, 3.63) is 0 Å². The van der Waals surface area contributed by atoms with Crippen molar-refractivity contribution in [3.8, 4) is 0 Å². The second kappa shape index (κ2) is 2.17. The highest BCUT2D eigenvalue weighted by Gasteiger charge is 2.50. The fraction of sp³-hybridized carbons (Fsp3) is 1.00. The lowest BCUT2D eigenvalue weighted by atomic mass is 10.0. The van der Waals surface area contributed by atoms with E-state index in [9.17, 15) is 5.11 Å². The maximum absolute atomic E-state index is 9.33. The molecule has 2 rings (SSSR count). The molecule has 0 amide bonds. The summed E-state index contributed by atoms with van der Waals surface area (Å²) < 4.78 is 5.10. The van der Waals surface area contributed by atoms with Crippen LogP contribution in [0.4, 0.5) is 0 Å². The van der Waals surface area contributed by atoms with Crippen molar-refractivity contribution < 1.29 is 14.9 Å². The van der Waals surface area contributed by atoms with E-state index in [2.05, 4.69) is 5.32 Å². The third-order valence-corrected chi connectivity index (χ3v) is 2.15. The van der Waals surface area contributed by atoms with E-state index in [-0.39, 0.29) is 24.9 Å². The lowest BCUT2D eigenvalue weighted by molar-refractivity contribution is 0.0651. The maximum Gasteiger partial charge on any atom is 0.113 e. The van der Waals surface area contributed by atoms with Gasteiger partial charge in [-0.2, -0.15) is 0 Å². The van der Waals surface area contributed by atoms with Gasteiger partial charge < -0.3 is 20.3 Å². The summed E-state index contributed by atoms with van der Waals surface area (Å²) in [4.78, 5) is 0. The quantitative estimate of drug-likeness (QED) is 0.376. The molecule has 0 radical (unpaired) electrons. The number of epoxide rings is 1. The van der Waals surface area contributed by atoms with Crippen molar-refractivity contribution in [1.82, 2.24) is 5.32 Å². The van der Waals surface area contributed by atoms with E-state index in [0.717, 1.165) is 6.54 Å². The van der Waals surface area contributed by atoms with Gasteiger partial charge in [0.25, 0.3) is 0 Å². The third-order valence-electron chi connectivity index (χ3n) is 2.15. The Bertz CT molecular complexity index is 141. The zero-order chi connectivity index (χ0) is 7.14. The number of ether oxygens (including phenoxy) is 1. The second-order valence-electron chi connectivity index (χ2n) is 2.83. The Morgan fingerprint density at radius 1 is 1.60 bits per heavy atom. The molecular weight excluding hydrogens is 134 g/mol. The predicted octanol–water partition coefficient (Wildman–Crippen LogP) is -1.92. The topological polar surface area (TPSA) is 65.0 Å². The summed E-state index contributed by atoms with van der Waals surface area (Å²) in [6.07, 6.45) is -0.347. The maximum atomic E-state index is 9.33. The van der Waals surface area contributed by atoms with Crippen molar-refractivity contribution in [3.63, 3.8) is 0 Å². The fourth-order valence-corrected chi connectivity index (χ4v) is 1.41. The number of aliphatic hydroxyl groups is 2. The summed E-state index contributed by atoms with van der Waals surface area (Å²) in [5.41, 5.74) is 0. The van der Waals surface area contributed by atoms with Gasteiger partial charge in [-0.3, -0.25) is 0 Å². The lowest BCUT2D eigenvalue weighted by Crippen LogP contribution is -2.51. The van der Waals surface area contributed by atoms with E-state index >= 15 is 0 Å². The Balaban J connectivity index is 1.97. The highest BCUT2D eigenvalue weighted by molar-refractivity contribution is 5.02. The minimum Gasteiger partial charge on any atom is -0.395 e. The molecule has 0 spiro atoms. The van der Waals surface area contributed by atoms with Gasteiger partial charge in [-0.15, -0.1) is 0 Å².